The molecule has 2 aromatic carbocycles. The van der Waals surface area contributed by atoms with Crippen molar-refractivity contribution in [1.82, 2.24) is 9.97 Å². The number of aromatic nitrogens is 2. The van der Waals surface area contributed by atoms with Gasteiger partial charge in [0.2, 0.25) is 12.7 Å². The van der Waals surface area contributed by atoms with Crippen LogP contribution in [-0.2, 0) is 0 Å². The highest BCUT2D eigenvalue weighted by molar-refractivity contribution is 5.95. The van der Waals surface area contributed by atoms with Crippen molar-refractivity contribution < 1.29 is 9.47 Å². The summed E-state index contributed by atoms with van der Waals surface area (Å²) in [5.74, 6) is 7.22. The summed E-state index contributed by atoms with van der Waals surface area (Å²) in [5, 5.41) is 0.893. The van der Waals surface area contributed by atoms with Crippen LogP contribution >= 0.6 is 0 Å². The fraction of sp³-hybridized carbons (Fsp3) is 0.0667. The molecule has 3 aromatic rings. The van der Waals surface area contributed by atoms with E-state index in [0.29, 0.717) is 17.4 Å². The van der Waals surface area contributed by atoms with Gasteiger partial charge < -0.3 is 9.47 Å². The number of hydrogen-bond donors (Lipinski definition) is 2. The molecule has 2 heterocycles. The molecular weight excluding hydrogens is 268 g/mol. The molecule has 0 unspecified atom stereocenters. The Kier molecular flexibility index (Phi) is 2.61. The Hall–Kier alpha value is -2.86. The molecule has 104 valence electrons. The van der Waals surface area contributed by atoms with Gasteiger partial charge in [0.05, 0.1) is 11.2 Å². The van der Waals surface area contributed by atoms with Gasteiger partial charge in [-0.3, -0.25) is 5.43 Å². The van der Waals surface area contributed by atoms with E-state index < -0.39 is 0 Å². The van der Waals surface area contributed by atoms with E-state index in [2.05, 4.69) is 15.4 Å². The van der Waals surface area contributed by atoms with Crippen molar-refractivity contribution in [3.05, 3.63) is 42.5 Å². The first-order chi connectivity index (χ1) is 10.3. The van der Waals surface area contributed by atoms with E-state index in [-0.39, 0.29) is 6.79 Å². The van der Waals surface area contributed by atoms with Gasteiger partial charge in [-0.15, -0.1) is 0 Å². The molecule has 0 spiro atoms. The summed E-state index contributed by atoms with van der Waals surface area (Å²) in [4.78, 5) is 8.85. The first kappa shape index (κ1) is 11.9. The number of nitrogen functional groups attached to an aromatic ring is 1. The molecule has 0 amide bonds. The number of anilines is 1. The Bertz CT molecular complexity index is 821. The zero-order valence-corrected chi connectivity index (χ0v) is 11.0. The standard InChI is InChI=1S/C15H12N4O2/c16-19-15-17-11-7-13-12(20-8-21-13)6-10(11)14(18-15)9-4-2-1-3-5-9/h1-7H,8,16H2,(H,17,18,19). The second-order valence-electron chi connectivity index (χ2n) is 4.63. The molecule has 1 aliphatic heterocycles. The molecule has 0 fully saturated rings. The summed E-state index contributed by atoms with van der Waals surface area (Å²) in [7, 11) is 0. The van der Waals surface area contributed by atoms with E-state index in [1.807, 2.05) is 42.5 Å². The molecule has 0 saturated heterocycles. The number of hydrazine groups is 1. The number of nitrogens with zero attached hydrogens (tertiary/aromatic N) is 2. The maximum absolute atomic E-state index is 5.47. The summed E-state index contributed by atoms with van der Waals surface area (Å²) in [6, 6.07) is 13.6. The second-order valence-corrected chi connectivity index (χ2v) is 4.63. The van der Waals surface area contributed by atoms with Gasteiger partial charge in [-0.1, -0.05) is 30.3 Å². The lowest BCUT2D eigenvalue weighted by Gasteiger charge is -2.09. The van der Waals surface area contributed by atoms with E-state index in [9.17, 15) is 0 Å². The summed E-state index contributed by atoms with van der Waals surface area (Å²) in [5.41, 5.74) is 5.04. The van der Waals surface area contributed by atoms with E-state index in [1.54, 1.807) is 0 Å². The van der Waals surface area contributed by atoms with Crippen LogP contribution in [0.15, 0.2) is 42.5 Å². The molecule has 0 atom stereocenters. The van der Waals surface area contributed by atoms with Gasteiger partial charge in [0, 0.05) is 17.0 Å². The minimum Gasteiger partial charge on any atom is -0.454 e. The third-order valence-corrected chi connectivity index (χ3v) is 3.37. The Labute approximate surface area is 120 Å². The third-order valence-electron chi connectivity index (χ3n) is 3.37. The van der Waals surface area contributed by atoms with E-state index in [4.69, 9.17) is 15.3 Å². The molecular formula is C15H12N4O2. The van der Waals surface area contributed by atoms with Crippen molar-refractivity contribution in [3.63, 3.8) is 0 Å². The van der Waals surface area contributed by atoms with Crippen LogP contribution in [-0.4, -0.2) is 16.8 Å². The third kappa shape index (κ3) is 1.93. The normalized spacial score (nSPS) is 12.6. The molecule has 3 N–H and O–H groups in total. The quantitative estimate of drug-likeness (QED) is 0.553. The number of ether oxygens (including phenoxy) is 2. The summed E-state index contributed by atoms with van der Waals surface area (Å²) < 4.78 is 10.8. The smallest absolute Gasteiger partial charge is 0.238 e. The lowest BCUT2D eigenvalue weighted by molar-refractivity contribution is 0.174. The average Bonchev–Trinajstić information content (AvgIpc) is 2.99. The predicted molar refractivity (Wildman–Crippen MR) is 78.9 cm³/mol. The fourth-order valence-electron chi connectivity index (χ4n) is 2.40. The summed E-state index contributed by atoms with van der Waals surface area (Å²) in [6.45, 7) is 0.224. The van der Waals surface area contributed by atoms with Gasteiger partial charge in [0.1, 0.15) is 0 Å². The zero-order chi connectivity index (χ0) is 14.2. The Morgan fingerprint density at radius 3 is 2.52 bits per heavy atom. The molecule has 0 radical (unpaired) electrons. The zero-order valence-electron chi connectivity index (χ0n) is 11.0. The number of benzene rings is 2. The lowest BCUT2D eigenvalue weighted by atomic mass is 10.1. The van der Waals surface area contributed by atoms with Crippen LogP contribution in [0.3, 0.4) is 0 Å². The Balaban J connectivity index is 2.04. The van der Waals surface area contributed by atoms with Gasteiger partial charge in [-0.25, -0.2) is 15.8 Å². The number of rotatable bonds is 2. The summed E-state index contributed by atoms with van der Waals surface area (Å²) >= 11 is 0. The molecule has 1 aromatic heterocycles. The van der Waals surface area contributed by atoms with Crippen molar-refractivity contribution in [2.45, 2.75) is 0 Å². The molecule has 0 saturated carbocycles. The van der Waals surface area contributed by atoms with Crippen LogP contribution in [0.25, 0.3) is 22.2 Å². The van der Waals surface area contributed by atoms with Crippen LogP contribution in [0.1, 0.15) is 0 Å². The van der Waals surface area contributed by atoms with E-state index in [0.717, 1.165) is 22.2 Å². The fourth-order valence-corrected chi connectivity index (χ4v) is 2.40. The van der Waals surface area contributed by atoms with Gasteiger partial charge in [0.15, 0.2) is 11.5 Å². The van der Waals surface area contributed by atoms with Crippen molar-refractivity contribution in [1.29, 1.82) is 0 Å². The molecule has 0 aliphatic carbocycles. The van der Waals surface area contributed by atoms with Crippen molar-refractivity contribution in [3.8, 4) is 22.8 Å². The number of nitrogens with one attached hydrogen (secondary N) is 1. The Morgan fingerprint density at radius 1 is 1.00 bits per heavy atom. The summed E-state index contributed by atoms with van der Waals surface area (Å²) in [6.07, 6.45) is 0. The van der Waals surface area contributed by atoms with Crippen LogP contribution in [0.4, 0.5) is 5.95 Å². The minimum absolute atomic E-state index is 0.224. The largest absolute Gasteiger partial charge is 0.454 e. The molecule has 21 heavy (non-hydrogen) atoms. The van der Waals surface area contributed by atoms with Gasteiger partial charge >= 0.3 is 0 Å². The van der Waals surface area contributed by atoms with Gasteiger partial charge in [-0.05, 0) is 6.07 Å². The number of nitrogens with two attached hydrogens (primary N) is 1. The van der Waals surface area contributed by atoms with Crippen molar-refractivity contribution >= 4 is 16.9 Å². The molecule has 0 bridgehead atoms. The molecule has 6 heteroatoms. The van der Waals surface area contributed by atoms with Gasteiger partial charge in [0.25, 0.3) is 0 Å². The van der Waals surface area contributed by atoms with Crippen LogP contribution in [0.5, 0.6) is 11.5 Å². The van der Waals surface area contributed by atoms with Crippen molar-refractivity contribution in [2.75, 3.05) is 12.2 Å². The highest BCUT2D eigenvalue weighted by Gasteiger charge is 2.18. The SMILES string of the molecule is NNc1nc(-c2ccccc2)c2cc3c(cc2n1)OCO3. The molecule has 4 rings (SSSR count). The topological polar surface area (TPSA) is 82.3 Å². The highest BCUT2D eigenvalue weighted by Crippen LogP contribution is 2.38. The molecule has 1 aliphatic rings. The Morgan fingerprint density at radius 2 is 1.76 bits per heavy atom. The van der Waals surface area contributed by atoms with Gasteiger partial charge in [-0.2, -0.15) is 0 Å². The minimum atomic E-state index is 0.224. The maximum Gasteiger partial charge on any atom is 0.238 e. The number of fused-ring (bicyclic) bond motifs is 2. The van der Waals surface area contributed by atoms with Crippen LogP contribution in [0.2, 0.25) is 0 Å². The molecule has 6 nitrogen and oxygen atoms in total. The van der Waals surface area contributed by atoms with E-state index in [1.165, 1.54) is 0 Å². The number of hydrogen-bond acceptors (Lipinski definition) is 6. The predicted octanol–water partition coefficient (Wildman–Crippen LogP) is 2.31. The monoisotopic (exact) mass is 280 g/mol. The second kappa shape index (κ2) is 4.60. The highest BCUT2D eigenvalue weighted by atomic mass is 16.7. The van der Waals surface area contributed by atoms with Crippen molar-refractivity contribution in [2.24, 2.45) is 5.84 Å². The first-order valence-corrected chi connectivity index (χ1v) is 6.48. The average molecular weight is 280 g/mol. The van der Waals surface area contributed by atoms with Crippen LogP contribution < -0.4 is 20.7 Å². The van der Waals surface area contributed by atoms with E-state index >= 15 is 0 Å². The van der Waals surface area contributed by atoms with Crippen LogP contribution in [0, 0.1) is 0 Å². The first-order valence-electron chi connectivity index (χ1n) is 6.48. The lowest BCUT2D eigenvalue weighted by Crippen LogP contribution is -2.11. The maximum atomic E-state index is 5.47.